The van der Waals surface area contributed by atoms with Crippen LogP contribution in [0.3, 0.4) is 0 Å². The Hall–Kier alpha value is -2.33. The van der Waals surface area contributed by atoms with Gasteiger partial charge < -0.3 is 19.8 Å². The van der Waals surface area contributed by atoms with Gasteiger partial charge in [0.25, 0.3) is 0 Å². The summed E-state index contributed by atoms with van der Waals surface area (Å²) >= 11 is 6.23. The highest BCUT2D eigenvalue weighted by Crippen LogP contribution is 2.77. The van der Waals surface area contributed by atoms with Crippen molar-refractivity contribution in [1.29, 1.82) is 0 Å². The van der Waals surface area contributed by atoms with Crippen LogP contribution in [-0.4, -0.2) is 88.7 Å². The maximum Gasteiger partial charge on any atom is 0.309 e. The number of aliphatic carboxylic acids is 1. The number of aliphatic hydroxyl groups is 1. The molecule has 4 fully saturated rings. The first-order valence-electron chi connectivity index (χ1n) is 22.2. The number of nitrogens with zero attached hydrogens (tertiary/aromatic N) is 3. The Bertz CT molecular complexity index is 1770. The number of carboxylic acids is 1. The number of likely N-dealkylation sites (N-methyl/N-ethyl adjacent to an activating group) is 1. The Labute approximate surface area is 354 Å². The zero-order valence-electron chi connectivity index (χ0n) is 37.7. The van der Waals surface area contributed by atoms with Gasteiger partial charge in [0.15, 0.2) is 5.78 Å². The van der Waals surface area contributed by atoms with Crippen molar-refractivity contribution in [2.24, 2.45) is 56.2 Å². The Morgan fingerprint density at radius 3 is 2.24 bits per heavy atom. The molecule has 0 saturated heterocycles. The number of carbonyl (C=O) groups is 3. The third-order valence-electron chi connectivity index (χ3n) is 17.5. The number of Topliss-reactive ketones (excluding diaryl/α,β-unsaturated/α-hetero) is 1. The number of rotatable bonds is 13. The van der Waals surface area contributed by atoms with E-state index in [0.717, 1.165) is 75.7 Å². The van der Waals surface area contributed by atoms with Gasteiger partial charge in [-0.15, -0.1) is 0 Å². The second kappa shape index (κ2) is 15.9. The SMILES string of the molecule is CC(C)C1=C2[C@H]3CC[C@@H]4[C@@]5(C)CC[C@H](OC(=O)CC(C)(C)C(=O)O)C(C)(C)[C@@H]5CC[C@@]4(C)[C@]3(C)CCC2([C@H](O)CN(CCN(C)C)[C@@H](C)c2ccc(Cl)cn2)CC1=O. The van der Waals surface area contributed by atoms with Gasteiger partial charge in [-0.25, -0.2) is 0 Å². The van der Waals surface area contributed by atoms with Crippen LogP contribution in [0.2, 0.25) is 5.02 Å². The van der Waals surface area contributed by atoms with Crippen molar-refractivity contribution in [2.45, 2.75) is 152 Å². The smallest absolute Gasteiger partial charge is 0.309 e. The molecule has 1 aromatic heterocycles. The molecule has 5 aliphatic carbocycles. The fourth-order valence-corrected chi connectivity index (χ4v) is 14.0. The van der Waals surface area contributed by atoms with Crippen LogP contribution in [0.4, 0.5) is 0 Å². The van der Waals surface area contributed by atoms with Gasteiger partial charge >= 0.3 is 11.9 Å². The average Bonchev–Trinajstić information content (AvgIpc) is 3.44. The summed E-state index contributed by atoms with van der Waals surface area (Å²) in [6, 6.07) is 3.81. The molecule has 4 saturated carbocycles. The number of aliphatic hydroxyl groups excluding tert-OH is 1. The molecule has 324 valence electrons. The summed E-state index contributed by atoms with van der Waals surface area (Å²) in [5.74, 6) is -0.0714. The highest BCUT2D eigenvalue weighted by Gasteiger charge is 2.71. The minimum Gasteiger partial charge on any atom is -0.481 e. The Kier molecular flexibility index (Phi) is 12.4. The van der Waals surface area contributed by atoms with Gasteiger partial charge in [-0.3, -0.25) is 24.3 Å². The minimum absolute atomic E-state index is 0.0244. The van der Waals surface area contributed by atoms with E-state index < -0.39 is 28.9 Å². The molecular weight excluding hydrogens is 750 g/mol. The lowest BCUT2D eigenvalue weighted by Gasteiger charge is -2.72. The molecular formula is C48H74ClN3O6. The topological polar surface area (TPSA) is 120 Å². The molecule has 0 aromatic carbocycles. The molecule has 1 heterocycles. The summed E-state index contributed by atoms with van der Waals surface area (Å²) < 4.78 is 6.20. The molecule has 2 N–H and O–H groups in total. The van der Waals surface area contributed by atoms with Crippen LogP contribution in [0, 0.1) is 56.2 Å². The second-order valence-electron chi connectivity index (χ2n) is 21.9. The summed E-state index contributed by atoms with van der Waals surface area (Å²) in [4.78, 5) is 48.5. The monoisotopic (exact) mass is 824 g/mol. The number of hydrogen-bond acceptors (Lipinski definition) is 8. The lowest BCUT2D eigenvalue weighted by Crippen LogP contribution is -2.66. The van der Waals surface area contributed by atoms with Crippen LogP contribution in [0.1, 0.15) is 145 Å². The standard InChI is InChI=1S/C48H74ClN3O6/c1-29(2)40-34(53)25-48(37(54)28-52(24-23-51(11)12)30(3)33-15-13-31(49)27-50-33)22-21-46(9)32(41(40)48)14-16-36-45(8)19-18-38(58-39(55)26-43(4,5)42(56)57)44(6,7)35(45)17-20-47(36,46)10/h13,15,27,29-30,32,35-38,54H,14,16-26,28H2,1-12H3,(H,56,57)/t30-,32+,35-,36+,37+,38-,45-,46+,47+,48?/m0/s1. The molecule has 58 heavy (non-hydrogen) atoms. The van der Waals surface area contributed by atoms with Crippen LogP contribution in [0.15, 0.2) is 29.5 Å². The van der Waals surface area contributed by atoms with Gasteiger partial charge in [-0.1, -0.05) is 65.6 Å². The Balaban J connectivity index is 1.30. The molecule has 0 bridgehead atoms. The van der Waals surface area contributed by atoms with E-state index in [1.807, 2.05) is 12.1 Å². The van der Waals surface area contributed by atoms with Crippen LogP contribution >= 0.6 is 11.6 Å². The van der Waals surface area contributed by atoms with Crippen molar-refractivity contribution in [3.8, 4) is 0 Å². The lowest BCUT2D eigenvalue weighted by molar-refractivity contribution is -0.235. The number of aromatic nitrogens is 1. The summed E-state index contributed by atoms with van der Waals surface area (Å²) in [7, 11) is 4.15. The normalized spacial score (nSPS) is 35.6. The van der Waals surface area contributed by atoms with Crippen molar-refractivity contribution in [1.82, 2.24) is 14.8 Å². The van der Waals surface area contributed by atoms with Crippen molar-refractivity contribution >= 4 is 29.3 Å². The van der Waals surface area contributed by atoms with Crippen molar-refractivity contribution in [3.05, 3.63) is 40.2 Å². The molecule has 1 aromatic rings. The van der Waals surface area contributed by atoms with E-state index in [1.54, 1.807) is 20.0 Å². The molecule has 0 radical (unpaired) electrons. The number of carboxylic acid groups (broad SMARTS) is 1. The van der Waals surface area contributed by atoms with E-state index in [4.69, 9.17) is 16.3 Å². The Morgan fingerprint density at radius 1 is 0.948 bits per heavy atom. The Morgan fingerprint density at radius 2 is 1.64 bits per heavy atom. The number of allylic oxidation sites excluding steroid dienone is 1. The number of halogens is 1. The highest BCUT2D eigenvalue weighted by atomic mass is 35.5. The predicted octanol–water partition coefficient (Wildman–Crippen LogP) is 9.41. The summed E-state index contributed by atoms with van der Waals surface area (Å²) in [6.07, 6.45) is 8.66. The first-order chi connectivity index (χ1) is 26.9. The quantitative estimate of drug-likeness (QED) is 0.188. The summed E-state index contributed by atoms with van der Waals surface area (Å²) in [6.45, 7) is 23.9. The number of ketones is 1. The molecule has 1 unspecified atom stereocenters. The van der Waals surface area contributed by atoms with E-state index in [0.29, 0.717) is 29.8 Å². The number of carbonyl (C=O) groups excluding carboxylic acids is 2. The van der Waals surface area contributed by atoms with Crippen molar-refractivity contribution in [2.75, 3.05) is 33.7 Å². The van der Waals surface area contributed by atoms with Crippen molar-refractivity contribution < 1.29 is 29.3 Å². The second-order valence-corrected chi connectivity index (χ2v) is 22.4. The molecule has 0 spiro atoms. The predicted molar refractivity (Wildman–Crippen MR) is 229 cm³/mol. The van der Waals surface area contributed by atoms with Crippen molar-refractivity contribution in [3.63, 3.8) is 0 Å². The third-order valence-corrected chi connectivity index (χ3v) is 17.7. The van der Waals surface area contributed by atoms with Crippen LogP contribution in [-0.2, 0) is 19.1 Å². The zero-order chi connectivity index (χ0) is 43.0. The molecule has 6 rings (SSSR count). The molecule has 9 nitrogen and oxygen atoms in total. The van der Waals surface area contributed by atoms with Crippen LogP contribution in [0.5, 0.6) is 0 Å². The first kappa shape index (κ1) is 45.2. The lowest BCUT2D eigenvalue weighted by atomic mass is 9.33. The summed E-state index contributed by atoms with van der Waals surface area (Å²) in [5, 5.41) is 23.0. The fourth-order valence-electron chi connectivity index (χ4n) is 13.9. The van der Waals surface area contributed by atoms with E-state index in [1.165, 1.54) is 5.57 Å². The molecule has 5 aliphatic rings. The third kappa shape index (κ3) is 7.42. The molecule has 0 amide bonds. The number of ether oxygens (including phenoxy) is 1. The average molecular weight is 825 g/mol. The maximum atomic E-state index is 14.4. The van der Waals surface area contributed by atoms with Gasteiger partial charge in [0, 0.05) is 49.1 Å². The zero-order valence-corrected chi connectivity index (χ0v) is 38.5. The number of pyridine rings is 1. The number of esters is 1. The molecule has 10 atom stereocenters. The minimum atomic E-state index is -1.17. The highest BCUT2D eigenvalue weighted by molar-refractivity contribution is 6.30. The van der Waals surface area contributed by atoms with E-state index >= 15 is 0 Å². The van der Waals surface area contributed by atoms with Crippen LogP contribution in [0.25, 0.3) is 0 Å². The van der Waals surface area contributed by atoms with Gasteiger partial charge in [-0.2, -0.15) is 0 Å². The number of hydrogen-bond donors (Lipinski definition) is 2. The molecule has 10 heteroatoms. The first-order valence-corrected chi connectivity index (χ1v) is 22.6. The van der Waals surface area contributed by atoms with Gasteiger partial charge in [0.2, 0.25) is 0 Å². The largest absolute Gasteiger partial charge is 0.481 e. The van der Waals surface area contributed by atoms with Gasteiger partial charge in [-0.05, 0) is 144 Å². The molecule has 0 aliphatic heterocycles. The van der Waals surface area contributed by atoms with Gasteiger partial charge in [0.1, 0.15) is 6.10 Å². The number of fused-ring (bicyclic) bond motifs is 7. The van der Waals surface area contributed by atoms with E-state index in [-0.39, 0.29) is 57.8 Å². The summed E-state index contributed by atoms with van der Waals surface area (Å²) in [5.41, 5.74) is 1.18. The van der Waals surface area contributed by atoms with Gasteiger partial charge in [0.05, 0.1) is 28.7 Å². The maximum absolute atomic E-state index is 14.4. The fraction of sp³-hybridized carbons (Fsp3) is 0.792. The van der Waals surface area contributed by atoms with Crippen LogP contribution < -0.4 is 0 Å². The van der Waals surface area contributed by atoms with E-state index in [2.05, 4.69) is 84.3 Å². The van der Waals surface area contributed by atoms with E-state index in [9.17, 15) is 24.6 Å².